The molecule has 1 aromatic carbocycles. The third-order valence-corrected chi connectivity index (χ3v) is 2.01. The summed E-state index contributed by atoms with van der Waals surface area (Å²) in [6, 6.07) is 2.96. The van der Waals surface area contributed by atoms with E-state index < -0.39 is 24.4 Å². The van der Waals surface area contributed by atoms with Crippen molar-refractivity contribution in [3.05, 3.63) is 29.6 Å². The van der Waals surface area contributed by atoms with Gasteiger partial charge in [-0.15, -0.1) is 0 Å². The van der Waals surface area contributed by atoms with Crippen molar-refractivity contribution in [2.45, 2.75) is 6.18 Å². The number of halogens is 4. The summed E-state index contributed by atoms with van der Waals surface area (Å²) >= 11 is 0. The summed E-state index contributed by atoms with van der Waals surface area (Å²) in [4.78, 5) is 12.0. The number of benzene rings is 1. The Morgan fingerprint density at radius 2 is 2.00 bits per heavy atom. The van der Waals surface area contributed by atoms with Crippen LogP contribution in [0.15, 0.2) is 18.2 Å². The number of nitrogen functional groups attached to an aromatic ring is 1. The zero-order valence-corrected chi connectivity index (χ0v) is 8.88. The number of carbonyl (C=O) groups excluding carboxylic acids is 1. The van der Waals surface area contributed by atoms with E-state index in [0.717, 1.165) is 25.2 Å². The second-order valence-corrected chi connectivity index (χ2v) is 3.51. The molecular formula is C10H10F4N2O. The number of nitrogens with two attached hydrogens (primary N) is 1. The van der Waals surface area contributed by atoms with Gasteiger partial charge < -0.3 is 10.6 Å². The molecule has 1 aromatic rings. The van der Waals surface area contributed by atoms with Gasteiger partial charge in [-0.3, -0.25) is 4.79 Å². The molecule has 94 valence electrons. The van der Waals surface area contributed by atoms with Crippen molar-refractivity contribution in [3.8, 4) is 0 Å². The summed E-state index contributed by atoms with van der Waals surface area (Å²) in [5.74, 6) is -1.71. The molecule has 0 radical (unpaired) electrons. The van der Waals surface area contributed by atoms with Crippen LogP contribution in [-0.2, 0) is 0 Å². The van der Waals surface area contributed by atoms with Crippen molar-refractivity contribution in [1.82, 2.24) is 4.90 Å². The molecule has 2 N–H and O–H groups in total. The third-order valence-electron chi connectivity index (χ3n) is 2.01. The molecule has 0 atom stereocenters. The van der Waals surface area contributed by atoms with Crippen LogP contribution < -0.4 is 5.73 Å². The summed E-state index contributed by atoms with van der Waals surface area (Å²) < 4.78 is 49.0. The lowest BCUT2D eigenvalue weighted by molar-refractivity contribution is -0.138. The molecule has 1 amide bonds. The fourth-order valence-electron chi connectivity index (χ4n) is 1.26. The van der Waals surface area contributed by atoms with E-state index in [1.54, 1.807) is 0 Å². The topological polar surface area (TPSA) is 46.3 Å². The predicted octanol–water partition coefficient (Wildman–Crippen LogP) is 2.04. The van der Waals surface area contributed by atoms with Crippen LogP contribution in [0.3, 0.4) is 0 Å². The number of carbonyl (C=O) groups is 1. The van der Waals surface area contributed by atoms with E-state index >= 15 is 0 Å². The summed E-state index contributed by atoms with van der Waals surface area (Å²) in [7, 11) is 0.972. The first-order valence-electron chi connectivity index (χ1n) is 4.58. The smallest absolute Gasteiger partial charge is 0.398 e. The van der Waals surface area contributed by atoms with Crippen molar-refractivity contribution in [1.29, 1.82) is 0 Å². The fraction of sp³-hybridized carbons (Fsp3) is 0.300. The zero-order chi connectivity index (χ0) is 13.2. The van der Waals surface area contributed by atoms with E-state index in [0.29, 0.717) is 4.90 Å². The number of hydrogen-bond acceptors (Lipinski definition) is 2. The van der Waals surface area contributed by atoms with Crippen LogP contribution in [0.2, 0.25) is 0 Å². The molecule has 7 heteroatoms. The molecule has 17 heavy (non-hydrogen) atoms. The lowest BCUT2D eigenvalue weighted by Crippen LogP contribution is -2.36. The maximum absolute atomic E-state index is 12.9. The Balaban J connectivity index is 2.93. The highest BCUT2D eigenvalue weighted by Crippen LogP contribution is 2.19. The number of amides is 1. The van der Waals surface area contributed by atoms with Crippen molar-refractivity contribution in [2.24, 2.45) is 0 Å². The minimum atomic E-state index is -4.51. The van der Waals surface area contributed by atoms with E-state index in [1.807, 2.05) is 0 Å². The normalized spacial score (nSPS) is 11.4. The largest absolute Gasteiger partial charge is 0.406 e. The van der Waals surface area contributed by atoms with Gasteiger partial charge in [0.25, 0.3) is 5.91 Å². The molecule has 3 nitrogen and oxygen atoms in total. The summed E-state index contributed by atoms with van der Waals surface area (Å²) in [5.41, 5.74) is 5.05. The first kappa shape index (κ1) is 13.3. The van der Waals surface area contributed by atoms with Crippen LogP contribution >= 0.6 is 0 Å². The SMILES string of the molecule is CN(CC(F)(F)F)C(=O)c1cc(F)ccc1N. The molecule has 0 aromatic heterocycles. The van der Waals surface area contributed by atoms with Crippen molar-refractivity contribution >= 4 is 11.6 Å². The molecule has 0 bridgehead atoms. The monoisotopic (exact) mass is 250 g/mol. The molecule has 0 saturated heterocycles. The molecule has 0 aliphatic carbocycles. The van der Waals surface area contributed by atoms with Crippen LogP contribution in [0.5, 0.6) is 0 Å². The number of nitrogens with zero attached hydrogens (tertiary/aromatic N) is 1. The molecule has 0 fully saturated rings. The average Bonchev–Trinajstić information content (AvgIpc) is 2.18. The van der Waals surface area contributed by atoms with Gasteiger partial charge >= 0.3 is 6.18 Å². The van der Waals surface area contributed by atoms with Crippen molar-refractivity contribution in [2.75, 3.05) is 19.3 Å². The van der Waals surface area contributed by atoms with Crippen LogP contribution in [0.1, 0.15) is 10.4 Å². The predicted molar refractivity (Wildman–Crippen MR) is 53.8 cm³/mol. The number of hydrogen-bond donors (Lipinski definition) is 1. The van der Waals surface area contributed by atoms with E-state index in [9.17, 15) is 22.4 Å². The Bertz CT molecular complexity index is 431. The van der Waals surface area contributed by atoms with Crippen molar-refractivity contribution in [3.63, 3.8) is 0 Å². The molecule has 0 aliphatic rings. The fourth-order valence-corrected chi connectivity index (χ4v) is 1.26. The lowest BCUT2D eigenvalue weighted by Gasteiger charge is -2.19. The highest BCUT2D eigenvalue weighted by atomic mass is 19.4. The summed E-state index contributed by atoms with van der Waals surface area (Å²) in [6.45, 7) is -1.41. The van der Waals surface area contributed by atoms with Gasteiger partial charge in [-0.05, 0) is 18.2 Å². The Morgan fingerprint density at radius 1 is 1.41 bits per heavy atom. The van der Waals surface area contributed by atoms with Gasteiger partial charge in [0.15, 0.2) is 0 Å². The zero-order valence-electron chi connectivity index (χ0n) is 8.88. The second kappa shape index (κ2) is 4.60. The number of anilines is 1. The molecule has 0 unspecified atom stereocenters. The Kier molecular flexibility index (Phi) is 3.59. The van der Waals surface area contributed by atoms with Gasteiger partial charge in [0.1, 0.15) is 12.4 Å². The molecule has 0 aliphatic heterocycles. The van der Waals surface area contributed by atoms with Crippen LogP contribution in [0, 0.1) is 5.82 Å². The van der Waals surface area contributed by atoms with Crippen LogP contribution in [-0.4, -0.2) is 30.6 Å². The molecule has 0 heterocycles. The van der Waals surface area contributed by atoms with Gasteiger partial charge in [0, 0.05) is 12.7 Å². The van der Waals surface area contributed by atoms with Gasteiger partial charge in [-0.25, -0.2) is 4.39 Å². The van der Waals surface area contributed by atoms with Gasteiger partial charge in [-0.1, -0.05) is 0 Å². The second-order valence-electron chi connectivity index (χ2n) is 3.51. The van der Waals surface area contributed by atoms with Gasteiger partial charge in [-0.2, -0.15) is 13.2 Å². The standard InChI is InChI=1S/C10H10F4N2O/c1-16(5-10(12,13)14)9(17)7-4-6(11)2-3-8(7)15/h2-4H,5,15H2,1H3. The minimum absolute atomic E-state index is 0.0644. The molecular weight excluding hydrogens is 240 g/mol. The highest BCUT2D eigenvalue weighted by molar-refractivity contribution is 5.99. The minimum Gasteiger partial charge on any atom is -0.398 e. The Morgan fingerprint density at radius 3 is 2.53 bits per heavy atom. The van der Waals surface area contributed by atoms with E-state index in [-0.39, 0.29) is 11.3 Å². The number of rotatable bonds is 2. The van der Waals surface area contributed by atoms with E-state index in [2.05, 4.69) is 0 Å². The number of alkyl halides is 3. The first-order valence-corrected chi connectivity index (χ1v) is 4.58. The quantitative estimate of drug-likeness (QED) is 0.645. The molecule has 1 rings (SSSR count). The van der Waals surface area contributed by atoms with Crippen LogP contribution in [0.25, 0.3) is 0 Å². The van der Waals surface area contributed by atoms with Gasteiger partial charge in [0.05, 0.1) is 5.56 Å². The molecule has 0 saturated carbocycles. The third kappa shape index (κ3) is 3.61. The highest BCUT2D eigenvalue weighted by Gasteiger charge is 2.31. The lowest BCUT2D eigenvalue weighted by atomic mass is 10.1. The first-order chi connectivity index (χ1) is 7.70. The summed E-state index contributed by atoms with van der Waals surface area (Å²) in [5, 5.41) is 0. The maximum Gasteiger partial charge on any atom is 0.406 e. The van der Waals surface area contributed by atoms with Crippen molar-refractivity contribution < 1.29 is 22.4 Å². The van der Waals surface area contributed by atoms with Crippen LogP contribution in [0.4, 0.5) is 23.2 Å². The Hall–Kier alpha value is -1.79. The van der Waals surface area contributed by atoms with E-state index in [1.165, 1.54) is 0 Å². The van der Waals surface area contributed by atoms with E-state index in [4.69, 9.17) is 5.73 Å². The maximum atomic E-state index is 12.9. The van der Waals surface area contributed by atoms with Gasteiger partial charge in [0.2, 0.25) is 0 Å². The Labute approximate surface area is 94.8 Å². The molecule has 0 spiro atoms. The average molecular weight is 250 g/mol. The summed E-state index contributed by atoms with van der Waals surface area (Å²) in [6.07, 6.45) is -4.51.